The van der Waals surface area contributed by atoms with Gasteiger partial charge in [0.1, 0.15) is 0 Å². The molecule has 1 nitrogen and oxygen atoms in total. The molecule has 3 aliphatic carbocycles. The summed E-state index contributed by atoms with van der Waals surface area (Å²) in [6.07, 6.45) is 5.61. The SMILES string of the molecule is CO[C@@]1(C(C)C)CC[C@@H](C)C23CC[C@@H](C)[C@@H]2[C@H]31. The fourth-order valence-corrected chi connectivity index (χ4v) is 5.95. The zero-order valence-electron chi connectivity index (χ0n) is 12.1. The van der Waals surface area contributed by atoms with Crippen LogP contribution in [0, 0.1) is 35.0 Å². The lowest BCUT2D eigenvalue weighted by Crippen LogP contribution is -2.46. The summed E-state index contributed by atoms with van der Waals surface area (Å²) in [6, 6.07) is 0. The van der Waals surface area contributed by atoms with Gasteiger partial charge < -0.3 is 4.74 Å². The van der Waals surface area contributed by atoms with Gasteiger partial charge in [0, 0.05) is 7.11 Å². The van der Waals surface area contributed by atoms with Gasteiger partial charge in [0.05, 0.1) is 5.60 Å². The van der Waals surface area contributed by atoms with Gasteiger partial charge in [-0.15, -0.1) is 0 Å². The molecule has 0 aromatic heterocycles. The molecule has 0 N–H and O–H groups in total. The van der Waals surface area contributed by atoms with Crippen LogP contribution >= 0.6 is 0 Å². The largest absolute Gasteiger partial charge is 0.378 e. The van der Waals surface area contributed by atoms with Gasteiger partial charge in [-0.3, -0.25) is 0 Å². The summed E-state index contributed by atoms with van der Waals surface area (Å²) in [5.41, 5.74) is 0.879. The second-order valence-corrected chi connectivity index (χ2v) is 7.39. The molecule has 98 valence electrons. The number of rotatable bonds is 2. The van der Waals surface area contributed by atoms with Crippen molar-refractivity contribution in [2.24, 2.45) is 35.0 Å². The molecule has 0 aromatic carbocycles. The quantitative estimate of drug-likeness (QED) is 0.701. The Hall–Kier alpha value is -0.0400. The van der Waals surface area contributed by atoms with E-state index in [0.717, 1.165) is 23.7 Å². The highest BCUT2D eigenvalue weighted by atomic mass is 16.5. The smallest absolute Gasteiger partial charge is 0.0738 e. The third-order valence-corrected chi connectivity index (χ3v) is 6.86. The Morgan fingerprint density at radius 3 is 2.41 bits per heavy atom. The van der Waals surface area contributed by atoms with E-state index in [9.17, 15) is 0 Å². The molecule has 1 heteroatoms. The Balaban J connectivity index is 1.98. The van der Waals surface area contributed by atoms with E-state index < -0.39 is 0 Å². The lowest BCUT2D eigenvalue weighted by Gasteiger charge is -2.45. The molecule has 0 amide bonds. The maximum Gasteiger partial charge on any atom is 0.0738 e. The van der Waals surface area contributed by atoms with Crippen LogP contribution in [0.5, 0.6) is 0 Å². The van der Waals surface area contributed by atoms with E-state index in [1.807, 2.05) is 7.11 Å². The fraction of sp³-hybridized carbons (Fsp3) is 1.00. The van der Waals surface area contributed by atoms with Crippen molar-refractivity contribution in [3.8, 4) is 0 Å². The van der Waals surface area contributed by atoms with Crippen LogP contribution in [-0.2, 0) is 4.74 Å². The van der Waals surface area contributed by atoms with E-state index in [-0.39, 0.29) is 5.60 Å². The van der Waals surface area contributed by atoms with E-state index >= 15 is 0 Å². The van der Waals surface area contributed by atoms with Crippen molar-refractivity contribution in [1.29, 1.82) is 0 Å². The van der Waals surface area contributed by atoms with Gasteiger partial charge in [-0.1, -0.05) is 27.7 Å². The number of hydrogen-bond acceptors (Lipinski definition) is 1. The minimum absolute atomic E-state index is 0.200. The average Bonchev–Trinajstić information content (AvgIpc) is 2.89. The zero-order chi connectivity index (χ0) is 12.4. The molecule has 1 spiro atoms. The Morgan fingerprint density at radius 2 is 1.82 bits per heavy atom. The van der Waals surface area contributed by atoms with Crippen molar-refractivity contribution in [3.05, 3.63) is 0 Å². The molecular formula is C16H28O. The normalized spacial score (nSPS) is 56.8. The van der Waals surface area contributed by atoms with E-state index in [4.69, 9.17) is 4.74 Å². The van der Waals surface area contributed by atoms with E-state index in [1.165, 1.54) is 25.7 Å². The summed E-state index contributed by atoms with van der Waals surface area (Å²) in [5.74, 6) is 4.38. The van der Waals surface area contributed by atoms with Crippen LogP contribution in [0.4, 0.5) is 0 Å². The number of hydrogen-bond donors (Lipinski definition) is 0. The first kappa shape index (κ1) is 12.0. The second kappa shape index (κ2) is 3.50. The Kier molecular flexibility index (Phi) is 2.47. The third-order valence-electron chi connectivity index (χ3n) is 6.86. The minimum atomic E-state index is 0.200. The lowest BCUT2D eigenvalue weighted by atomic mass is 9.67. The Labute approximate surface area is 106 Å². The van der Waals surface area contributed by atoms with Gasteiger partial charge in [-0.2, -0.15) is 0 Å². The molecule has 0 heterocycles. The molecule has 3 saturated carbocycles. The number of methoxy groups -OCH3 is 1. The number of ether oxygens (including phenoxy) is 1. The van der Waals surface area contributed by atoms with Crippen molar-refractivity contribution < 1.29 is 4.74 Å². The Bertz CT molecular complexity index is 323. The van der Waals surface area contributed by atoms with E-state index in [1.54, 1.807) is 0 Å². The highest BCUT2D eigenvalue weighted by Gasteiger charge is 2.78. The summed E-state index contributed by atoms with van der Waals surface area (Å²) < 4.78 is 6.12. The molecule has 0 saturated heterocycles. The van der Waals surface area contributed by atoms with Gasteiger partial charge >= 0.3 is 0 Å². The van der Waals surface area contributed by atoms with Crippen LogP contribution in [0.2, 0.25) is 0 Å². The van der Waals surface area contributed by atoms with E-state index in [0.29, 0.717) is 11.3 Å². The molecule has 17 heavy (non-hydrogen) atoms. The molecule has 0 bridgehead atoms. The molecule has 0 radical (unpaired) electrons. The first-order valence-electron chi connectivity index (χ1n) is 7.56. The maximum absolute atomic E-state index is 6.12. The van der Waals surface area contributed by atoms with Gasteiger partial charge in [0.2, 0.25) is 0 Å². The second-order valence-electron chi connectivity index (χ2n) is 7.39. The summed E-state index contributed by atoms with van der Waals surface area (Å²) in [5, 5.41) is 0. The van der Waals surface area contributed by atoms with Gasteiger partial charge in [0.15, 0.2) is 0 Å². The molecule has 6 atom stereocenters. The molecule has 3 aliphatic rings. The molecule has 0 aromatic rings. The van der Waals surface area contributed by atoms with Crippen molar-refractivity contribution in [1.82, 2.24) is 0 Å². The number of fused-ring (bicyclic) bond motifs is 1. The van der Waals surface area contributed by atoms with Crippen LogP contribution in [0.25, 0.3) is 0 Å². The van der Waals surface area contributed by atoms with Crippen LogP contribution in [-0.4, -0.2) is 12.7 Å². The molecular weight excluding hydrogens is 208 g/mol. The predicted molar refractivity (Wildman–Crippen MR) is 70.8 cm³/mol. The summed E-state index contributed by atoms with van der Waals surface area (Å²) in [7, 11) is 1.96. The van der Waals surface area contributed by atoms with Gasteiger partial charge in [0.25, 0.3) is 0 Å². The van der Waals surface area contributed by atoms with Crippen molar-refractivity contribution in [2.45, 2.75) is 59.0 Å². The molecule has 3 rings (SSSR count). The zero-order valence-corrected chi connectivity index (χ0v) is 12.1. The summed E-state index contributed by atoms with van der Waals surface area (Å²) in [6.45, 7) is 9.72. The average molecular weight is 236 g/mol. The standard InChI is InChI=1S/C16H28O/c1-10(2)16(17-5)9-7-12(4)15-8-6-11(3)13(15)14(15)16/h10-14H,6-9H2,1-5H3/t11-,12-,13-,14-,15?,16-/m1/s1. The first-order chi connectivity index (χ1) is 8.00. The van der Waals surface area contributed by atoms with Gasteiger partial charge in [-0.05, 0) is 60.7 Å². The minimum Gasteiger partial charge on any atom is -0.378 e. The highest BCUT2D eigenvalue weighted by Crippen LogP contribution is 2.80. The lowest BCUT2D eigenvalue weighted by molar-refractivity contribution is -0.110. The molecule has 1 unspecified atom stereocenters. The monoisotopic (exact) mass is 236 g/mol. The summed E-state index contributed by atoms with van der Waals surface area (Å²) in [4.78, 5) is 0. The van der Waals surface area contributed by atoms with Crippen molar-refractivity contribution in [3.63, 3.8) is 0 Å². The van der Waals surface area contributed by atoms with Gasteiger partial charge in [-0.25, -0.2) is 0 Å². The van der Waals surface area contributed by atoms with Crippen molar-refractivity contribution in [2.75, 3.05) is 7.11 Å². The van der Waals surface area contributed by atoms with Crippen LogP contribution in [0.1, 0.15) is 53.4 Å². The predicted octanol–water partition coefficient (Wildman–Crippen LogP) is 4.12. The molecule has 0 aliphatic heterocycles. The summed E-state index contributed by atoms with van der Waals surface area (Å²) >= 11 is 0. The first-order valence-corrected chi connectivity index (χ1v) is 7.56. The highest BCUT2D eigenvalue weighted by molar-refractivity contribution is 5.26. The Morgan fingerprint density at radius 1 is 1.12 bits per heavy atom. The van der Waals surface area contributed by atoms with Crippen LogP contribution < -0.4 is 0 Å². The maximum atomic E-state index is 6.12. The van der Waals surface area contributed by atoms with E-state index in [2.05, 4.69) is 27.7 Å². The third kappa shape index (κ3) is 1.20. The van der Waals surface area contributed by atoms with Crippen LogP contribution in [0.15, 0.2) is 0 Å². The molecule has 3 fully saturated rings. The van der Waals surface area contributed by atoms with Crippen LogP contribution in [0.3, 0.4) is 0 Å². The topological polar surface area (TPSA) is 9.23 Å². The van der Waals surface area contributed by atoms with Crippen molar-refractivity contribution >= 4 is 0 Å². The fourth-order valence-electron chi connectivity index (χ4n) is 5.95.